The third-order valence-corrected chi connectivity index (χ3v) is 4.47. The molecule has 2 aromatic rings. The molecule has 1 fully saturated rings. The van der Waals surface area contributed by atoms with Crippen molar-refractivity contribution < 1.29 is 23.6 Å². The Morgan fingerprint density at radius 2 is 1.66 bits per heavy atom. The lowest BCUT2D eigenvalue weighted by Crippen LogP contribution is -2.43. The van der Waals surface area contributed by atoms with Gasteiger partial charge in [0, 0.05) is 13.1 Å². The van der Waals surface area contributed by atoms with Gasteiger partial charge in [0.1, 0.15) is 12.3 Å². The number of carbonyl (C=O) groups excluding carboxylic acids is 4. The summed E-state index contributed by atoms with van der Waals surface area (Å²) in [5.74, 6) is -1.73. The van der Waals surface area contributed by atoms with Gasteiger partial charge in [0.05, 0.1) is 12.8 Å². The Morgan fingerprint density at radius 3 is 2.28 bits per heavy atom. The summed E-state index contributed by atoms with van der Waals surface area (Å²) in [5.41, 5.74) is 0.893. The van der Waals surface area contributed by atoms with Crippen LogP contribution in [-0.2, 0) is 27.5 Å². The molecule has 0 bridgehead atoms. The second-order valence-electron chi connectivity index (χ2n) is 7.30. The molecular weight excluding hydrogens is 374 g/mol. The molecular formula is C21H23N3O5. The van der Waals surface area contributed by atoms with Crippen LogP contribution in [0.1, 0.15) is 25.2 Å². The lowest BCUT2D eigenvalue weighted by Gasteiger charge is -2.24. The van der Waals surface area contributed by atoms with Crippen molar-refractivity contribution in [2.45, 2.75) is 26.9 Å². The molecule has 8 nitrogen and oxygen atoms in total. The van der Waals surface area contributed by atoms with Gasteiger partial charge < -0.3 is 9.32 Å². The van der Waals surface area contributed by atoms with Crippen LogP contribution in [0.3, 0.4) is 0 Å². The molecule has 1 aromatic carbocycles. The van der Waals surface area contributed by atoms with Crippen LogP contribution in [0, 0.1) is 5.92 Å². The summed E-state index contributed by atoms with van der Waals surface area (Å²) in [4.78, 5) is 53.0. The first-order valence-corrected chi connectivity index (χ1v) is 9.38. The van der Waals surface area contributed by atoms with E-state index in [2.05, 4.69) is 0 Å². The second kappa shape index (κ2) is 8.72. The van der Waals surface area contributed by atoms with E-state index in [9.17, 15) is 19.2 Å². The van der Waals surface area contributed by atoms with Crippen LogP contribution in [0.15, 0.2) is 53.1 Å². The number of imide groups is 2. The number of hydrogen-bond donors (Lipinski definition) is 0. The van der Waals surface area contributed by atoms with E-state index in [-0.39, 0.29) is 25.6 Å². The molecule has 1 saturated heterocycles. The quantitative estimate of drug-likeness (QED) is 0.503. The van der Waals surface area contributed by atoms with Gasteiger partial charge in [-0.15, -0.1) is 0 Å². The van der Waals surface area contributed by atoms with Gasteiger partial charge in [-0.3, -0.25) is 19.3 Å². The van der Waals surface area contributed by atoms with Crippen LogP contribution in [-0.4, -0.2) is 51.5 Å². The Labute approximate surface area is 168 Å². The van der Waals surface area contributed by atoms with E-state index >= 15 is 0 Å². The van der Waals surface area contributed by atoms with Gasteiger partial charge in [-0.1, -0.05) is 44.2 Å². The smallest absolute Gasteiger partial charge is 0.334 e. The number of amides is 5. The normalized spacial score (nSPS) is 14.2. The first-order valence-electron chi connectivity index (χ1n) is 9.38. The summed E-state index contributed by atoms with van der Waals surface area (Å²) < 4.78 is 5.34. The first-order chi connectivity index (χ1) is 13.9. The van der Waals surface area contributed by atoms with Crippen molar-refractivity contribution >= 4 is 23.8 Å². The maximum Gasteiger partial charge on any atom is 0.334 e. The zero-order valence-corrected chi connectivity index (χ0v) is 16.4. The lowest BCUT2D eigenvalue weighted by molar-refractivity contribution is -0.145. The molecule has 1 aromatic heterocycles. The highest BCUT2D eigenvalue weighted by Gasteiger charge is 2.45. The molecule has 0 saturated carbocycles. The molecule has 8 heteroatoms. The van der Waals surface area contributed by atoms with Crippen LogP contribution in [0.5, 0.6) is 0 Å². The van der Waals surface area contributed by atoms with E-state index in [1.54, 1.807) is 12.1 Å². The number of urea groups is 1. The van der Waals surface area contributed by atoms with Crippen LogP contribution < -0.4 is 0 Å². The Kier molecular flexibility index (Phi) is 6.11. The molecule has 0 aliphatic carbocycles. The van der Waals surface area contributed by atoms with Crippen LogP contribution >= 0.6 is 0 Å². The van der Waals surface area contributed by atoms with Crippen molar-refractivity contribution in [2.24, 2.45) is 5.92 Å². The summed E-state index contributed by atoms with van der Waals surface area (Å²) in [7, 11) is 0. The van der Waals surface area contributed by atoms with Gasteiger partial charge in [-0.2, -0.15) is 0 Å². The van der Waals surface area contributed by atoms with E-state index in [0.29, 0.717) is 10.7 Å². The Morgan fingerprint density at radius 1 is 0.966 bits per heavy atom. The van der Waals surface area contributed by atoms with Crippen LogP contribution in [0.2, 0.25) is 0 Å². The van der Waals surface area contributed by atoms with E-state index in [1.807, 2.05) is 44.2 Å². The maximum absolute atomic E-state index is 13.0. The fourth-order valence-corrected chi connectivity index (χ4v) is 3.08. The van der Waals surface area contributed by atoms with Crippen molar-refractivity contribution in [3.8, 4) is 0 Å². The van der Waals surface area contributed by atoms with E-state index in [4.69, 9.17) is 4.42 Å². The minimum atomic E-state index is -0.971. The summed E-state index contributed by atoms with van der Waals surface area (Å²) >= 11 is 0. The SMILES string of the molecule is CC(C)CN1C(=O)C(=O)N(CC(=O)N(Cc2ccccc2)Cc2ccco2)C1=O. The van der Waals surface area contributed by atoms with Crippen molar-refractivity contribution in [3.63, 3.8) is 0 Å². The molecule has 0 unspecified atom stereocenters. The molecule has 2 heterocycles. The highest BCUT2D eigenvalue weighted by molar-refractivity contribution is 6.45. The average Bonchev–Trinajstić information content (AvgIpc) is 3.27. The summed E-state index contributed by atoms with van der Waals surface area (Å²) in [5, 5.41) is 0. The topological polar surface area (TPSA) is 91.1 Å². The Balaban J connectivity index is 1.76. The molecule has 0 atom stereocenters. The molecule has 152 valence electrons. The van der Waals surface area contributed by atoms with Gasteiger partial charge in [0.15, 0.2) is 0 Å². The van der Waals surface area contributed by atoms with Crippen molar-refractivity contribution in [2.75, 3.05) is 13.1 Å². The molecule has 1 aliphatic rings. The summed E-state index contributed by atoms with van der Waals surface area (Å²) in [6.45, 7) is 3.77. The van der Waals surface area contributed by atoms with Crippen molar-refractivity contribution in [1.82, 2.24) is 14.7 Å². The average molecular weight is 397 g/mol. The maximum atomic E-state index is 13.0. The van der Waals surface area contributed by atoms with E-state index in [0.717, 1.165) is 10.5 Å². The fourth-order valence-electron chi connectivity index (χ4n) is 3.08. The molecule has 1 aliphatic heterocycles. The van der Waals surface area contributed by atoms with E-state index < -0.39 is 30.3 Å². The predicted octanol–water partition coefficient (Wildman–Crippen LogP) is 2.26. The third-order valence-electron chi connectivity index (χ3n) is 4.47. The number of carbonyl (C=O) groups is 4. The fraction of sp³-hybridized carbons (Fsp3) is 0.333. The molecule has 29 heavy (non-hydrogen) atoms. The Hall–Kier alpha value is -3.42. The van der Waals surface area contributed by atoms with Crippen molar-refractivity contribution in [1.29, 1.82) is 0 Å². The van der Waals surface area contributed by atoms with Gasteiger partial charge in [-0.05, 0) is 23.6 Å². The zero-order chi connectivity index (χ0) is 21.0. The highest BCUT2D eigenvalue weighted by Crippen LogP contribution is 2.16. The number of benzene rings is 1. The molecule has 0 N–H and O–H groups in total. The number of furan rings is 1. The van der Waals surface area contributed by atoms with Crippen molar-refractivity contribution in [3.05, 3.63) is 60.1 Å². The highest BCUT2D eigenvalue weighted by atomic mass is 16.3. The predicted molar refractivity (Wildman–Crippen MR) is 103 cm³/mol. The van der Waals surface area contributed by atoms with Gasteiger partial charge in [0.2, 0.25) is 5.91 Å². The zero-order valence-electron chi connectivity index (χ0n) is 16.4. The minimum Gasteiger partial charge on any atom is -0.467 e. The third kappa shape index (κ3) is 4.71. The molecule has 0 spiro atoms. The standard InChI is InChI=1S/C21H23N3O5/c1-15(2)11-23-19(26)20(27)24(21(23)28)14-18(25)22(13-17-9-6-10-29-17)12-16-7-4-3-5-8-16/h3-10,15H,11-14H2,1-2H3. The largest absolute Gasteiger partial charge is 0.467 e. The van der Waals surface area contributed by atoms with E-state index in [1.165, 1.54) is 11.2 Å². The van der Waals surface area contributed by atoms with Crippen LogP contribution in [0.25, 0.3) is 0 Å². The second-order valence-corrected chi connectivity index (χ2v) is 7.30. The van der Waals surface area contributed by atoms with Gasteiger partial charge in [-0.25, -0.2) is 9.69 Å². The summed E-state index contributed by atoms with van der Waals surface area (Å²) in [6.07, 6.45) is 1.51. The summed E-state index contributed by atoms with van der Waals surface area (Å²) in [6, 6.07) is 12.1. The monoisotopic (exact) mass is 397 g/mol. The van der Waals surface area contributed by atoms with Gasteiger partial charge in [0.25, 0.3) is 0 Å². The molecule has 0 radical (unpaired) electrons. The molecule has 3 rings (SSSR count). The first kappa shape index (κ1) is 20.3. The molecule has 5 amide bonds. The number of rotatable bonds is 8. The van der Waals surface area contributed by atoms with Gasteiger partial charge >= 0.3 is 17.8 Å². The lowest BCUT2D eigenvalue weighted by atomic mass is 10.2. The number of nitrogens with zero attached hydrogens (tertiary/aromatic N) is 3. The minimum absolute atomic E-state index is 0.0138. The Bertz CT molecular complexity index is 892. The van der Waals surface area contributed by atoms with Crippen LogP contribution in [0.4, 0.5) is 4.79 Å². The number of hydrogen-bond acceptors (Lipinski definition) is 5.